The molecular weight excluding hydrogens is 284 g/mol. The molecule has 2 amide bonds. The van der Waals surface area contributed by atoms with Gasteiger partial charge in [-0.25, -0.2) is 0 Å². The first-order chi connectivity index (χ1) is 10.0. The third kappa shape index (κ3) is 4.08. The van der Waals surface area contributed by atoms with E-state index in [0.29, 0.717) is 12.8 Å². The Bertz CT molecular complexity index is 481. The van der Waals surface area contributed by atoms with E-state index < -0.39 is 34.8 Å². The maximum Gasteiger partial charge on any atom is 0.309 e. The number of nitrogens with one attached hydrogen (secondary N) is 2. The van der Waals surface area contributed by atoms with E-state index in [1.54, 1.807) is 6.08 Å². The molecule has 0 spiro atoms. The Morgan fingerprint density at radius 3 is 2.27 bits per heavy atom. The van der Waals surface area contributed by atoms with E-state index in [1.165, 1.54) is 6.92 Å². The molecule has 22 heavy (non-hydrogen) atoms. The molecule has 1 aliphatic rings. The summed E-state index contributed by atoms with van der Waals surface area (Å²) < 4.78 is 0. The maximum absolute atomic E-state index is 12.8. The number of rotatable bonds is 4. The summed E-state index contributed by atoms with van der Waals surface area (Å²) in [5, 5.41) is 15.0. The molecule has 0 saturated heterocycles. The molecule has 1 fully saturated rings. The lowest BCUT2D eigenvalue weighted by Crippen LogP contribution is -2.68. The van der Waals surface area contributed by atoms with Crippen LogP contribution in [0.25, 0.3) is 0 Å². The van der Waals surface area contributed by atoms with Crippen LogP contribution < -0.4 is 10.6 Å². The van der Waals surface area contributed by atoms with Gasteiger partial charge >= 0.3 is 5.97 Å². The molecule has 6 heteroatoms. The molecule has 3 N–H and O–H groups in total. The molecule has 1 unspecified atom stereocenters. The van der Waals surface area contributed by atoms with Gasteiger partial charge in [-0.3, -0.25) is 14.4 Å². The summed E-state index contributed by atoms with van der Waals surface area (Å²) in [7, 11) is 0. The summed E-state index contributed by atoms with van der Waals surface area (Å²) in [6.07, 6.45) is 2.93. The number of carboxylic acids is 1. The number of amides is 2. The van der Waals surface area contributed by atoms with Crippen molar-refractivity contribution in [3.8, 4) is 0 Å². The van der Waals surface area contributed by atoms with Crippen LogP contribution in [0.2, 0.25) is 0 Å². The highest BCUT2D eigenvalue weighted by Crippen LogP contribution is 2.38. The molecule has 0 heterocycles. The van der Waals surface area contributed by atoms with Gasteiger partial charge in [-0.15, -0.1) is 6.58 Å². The van der Waals surface area contributed by atoms with E-state index in [9.17, 15) is 19.5 Å². The number of carboxylic acid groups (broad SMARTS) is 1. The lowest BCUT2D eigenvalue weighted by atomic mass is 9.67. The molecule has 0 aromatic carbocycles. The SMILES string of the molecule is C=C[C@@H]1CCC(C(=O)O)[C@@](NC(C)=O)(C(=O)NC(C)(C)C)C1. The smallest absolute Gasteiger partial charge is 0.309 e. The van der Waals surface area contributed by atoms with E-state index in [1.807, 2.05) is 20.8 Å². The number of aliphatic carboxylic acids is 1. The summed E-state index contributed by atoms with van der Waals surface area (Å²) in [6.45, 7) is 10.5. The summed E-state index contributed by atoms with van der Waals surface area (Å²) in [4.78, 5) is 36.1. The van der Waals surface area contributed by atoms with Gasteiger partial charge in [-0.2, -0.15) is 0 Å². The number of hydrogen-bond donors (Lipinski definition) is 3. The molecule has 124 valence electrons. The van der Waals surface area contributed by atoms with Crippen LogP contribution in [-0.4, -0.2) is 34.0 Å². The van der Waals surface area contributed by atoms with Crippen molar-refractivity contribution >= 4 is 17.8 Å². The predicted molar refractivity (Wildman–Crippen MR) is 83.1 cm³/mol. The summed E-state index contributed by atoms with van der Waals surface area (Å²) in [6, 6.07) is 0. The van der Waals surface area contributed by atoms with E-state index in [4.69, 9.17) is 0 Å². The first kappa shape index (κ1) is 18.2. The minimum absolute atomic E-state index is 0.00633. The fraction of sp³-hybridized carbons (Fsp3) is 0.688. The van der Waals surface area contributed by atoms with Gasteiger partial charge in [0.1, 0.15) is 5.54 Å². The van der Waals surface area contributed by atoms with Crippen LogP contribution in [0.5, 0.6) is 0 Å². The Morgan fingerprint density at radius 1 is 1.27 bits per heavy atom. The van der Waals surface area contributed by atoms with Gasteiger partial charge in [0.05, 0.1) is 5.92 Å². The van der Waals surface area contributed by atoms with Crippen LogP contribution in [0.1, 0.15) is 47.0 Å². The molecule has 1 saturated carbocycles. The van der Waals surface area contributed by atoms with Gasteiger partial charge in [0.2, 0.25) is 11.8 Å². The summed E-state index contributed by atoms with van der Waals surface area (Å²) in [5.74, 6) is -2.89. The third-order valence-electron chi connectivity index (χ3n) is 3.93. The van der Waals surface area contributed by atoms with Gasteiger partial charge in [-0.1, -0.05) is 6.08 Å². The molecule has 0 bridgehead atoms. The number of allylic oxidation sites excluding steroid dienone is 1. The Kier molecular flexibility index (Phi) is 5.38. The number of hydrogen-bond acceptors (Lipinski definition) is 3. The van der Waals surface area contributed by atoms with Crippen LogP contribution in [0, 0.1) is 11.8 Å². The van der Waals surface area contributed by atoms with E-state index in [0.717, 1.165) is 0 Å². The second kappa shape index (κ2) is 6.50. The van der Waals surface area contributed by atoms with E-state index >= 15 is 0 Å². The standard InChI is InChI=1S/C16H26N2O4/c1-6-11-7-8-12(13(20)21)16(9-11,17-10(2)19)14(22)18-15(3,4)5/h6,11-12H,1,7-9H2,2-5H3,(H,17,19)(H,18,22)(H,20,21)/t11-,12?,16-/m1/s1. The van der Waals surface area contributed by atoms with Crippen LogP contribution in [0.4, 0.5) is 0 Å². The van der Waals surface area contributed by atoms with Gasteiger partial charge in [-0.05, 0) is 46.0 Å². The van der Waals surface area contributed by atoms with Gasteiger partial charge in [0.25, 0.3) is 0 Å². The molecular formula is C16H26N2O4. The fourth-order valence-electron chi connectivity index (χ4n) is 3.03. The van der Waals surface area contributed by atoms with Crippen molar-refractivity contribution < 1.29 is 19.5 Å². The van der Waals surface area contributed by atoms with Gasteiger partial charge in [0, 0.05) is 12.5 Å². The molecule has 3 atom stereocenters. The zero-order valence-corrected chi connectivity index (χ0v) is 13.7. The zero-order chi connectivity index (χ0) is 17.1. The molecule has 0 radical (unpaired) electrons. The van der Waals surface area contributed by atoms with Crippen molar-refractivity contribution in [1.29, 1.82) is 0 Å². The van der Waals surface area contributed by atoms with E-state index in [2.05, 4.69) is 17.2 Å². The lowest BCUT2D eigenvalue weighted by molar-refractivity contribution is -0.154. The highest BCUT2D eigenvalue weighted by Gasteiger charge is 2.53. The van der Waals surface area contributed by atoms with Crippen molar-refractivity contribution in [3.05, 3.63) is 12.7 Å². The minimum atomic E-state index is -1.44. The quantitative estimate of drug-likeness (QED) is 0.685. The van der Waals surface area contributed by atoms with Gasteiger partial charge in [0.15, 0.2) is 0 Å². The Hall–Kier alpha value is -1.85. The van der Waals surface area contributed by atoms with Gasteiger partial charge < -0.3 is 15.7 Å². The molecule has 1 rings (SSSR count). The average molecular weight is 310 g/mol. The second-order valence-electron chi connectivity index (χ2n) is 7.02. The average Bonchev–Trinajstić information content (AvgIpc) is 2.35. The Morgan fingerprint density at radius 2 is 1.86 bits per heavy atom. The lowest BCUT2D eigenvalue weighted by Gasteiger charge is -2.44. The van der Waals surface area contributed by atoms with E-state index in [-0.39, 0.29) is 12.3 Å². The zero-order valence-electron chi connectivity index (χ0n) is 13.7. The molecule has 0 aromatic rings. The first-order valence-electron chi connectivity index (χ1n) is 7.48. The first-order valence-corrected chi connectivity index (χ1v) is 7.48. The van der Waals surface area contributed by atoms with Crippen molar-refractivity contribution in [2.75, 3.05) is 0 Å². The highest BCUT2D eigenvalue weighted by atomic mass is 16.4. The summed E-state index contributed by atoms with van der Waals surface area (Å²) in [5.41, 5.74) is -1.96. The predicted octanol–water partition coefficient (Wildman–Crippen LogP) is 1.46. The molecule has 0 aliphatic heterocycles. The third-order valence-corrected chi connectivity index (χ3v) is 3.93. The normalized spacial score (nSPS) is 28.5. The molecule has 6 nitrogen and oxygen atoms in total. The van der Waals surface area contributed by atoms with Crippen LogP contribution in [-0.2, 0) is 14.4 Å². The van der Waals surface area contributed by atoms with Crippen LogP contribution >= 0.6 is 0 Å². The van der Waals surface area contributed by atoms with Crippen molar-refractivity contribution in [2.45, 2.75) is 58.0 Å². The summed E-state index contributed by atoms with van der Waals surface area (Å²) >= 11 is 0. The number of carbonyl (C=O) groups excluding carboxylic acids is 2. The van der Waals surface area contributed by atoms with Crippen molar-refractivity contribution in [1.82, 2.24) is 10.6 Å². The van der Waals surface area contributed by atoms with Crippen LogP contribution in [0.3, 0.4) is 0 Å². The Balaban J connectivity index is 3.29. The largest absolute Gasteiger partial charge is 0.481 e. The van der Waals surface area contributed by atoms with Crippen molar-refractivity contribution in [2.24, 2.45) is 11.8 Å². The minimum Gasteiger partial charge on any atom is -0.481 e. The topological polar surface area (TPSA) is 95.5 Å². The highest BCUT2D eigenvalue weighted by molar-refractivity contribution is 5.96. The fourth-order valence-corrected chi connectivity index (χ4v) is 3.03. The molecule has 1 aliphatic carbocycles. The second-order valence-corrected chi connectivity index (χ2v) is 7.02. The van der Waals surface area contributed by atoms with Crippen molar-refractivity contribution in [3.63, 3.8) is 0 Å². The maximum atomic E-state index is 12.8. The monoisotopic (exact) mass is 310 g/mol. The number of carbonyl (C=O) groups is 3. The molecule has 0 aromatic heterocycles. The Labute approximate surface area is 131 Å². The van der Waals surface area contributed by atoms with Crippen LogP contribution in [0.15, 0.2) is 12.7 Å².